The molecule has 0 aliphatic heterocycles. The third-order valence-corrected chi connectivity index (χ3v) is 4.42. The fourth-order valence-corrected chi connectivity index (χ4v) is 3.22. The number of nitrogens with one attached hydrogen (secondary N) is 1. The van der Waals surface area contributed by atoms with Crippen LogP contribution in [-0.2, 0) is 0 Å². The van der Waals surface area contributed by atoms with Crippen molar-refractivity contribution in [1.82, 2.24) is 9.97 Å². The highest BCUT2D eigenvalue weighted by molar-refractivity contribution is 6.12. The van der Waals surface area contributed by atoms with Gasteiger partial charge in [-0.1, -0.05) is 18.2 Å². The van der Waals surface area contributed by atoms with E-state index in [1.165, 1.54) is 18.5 Å². The van der Waals surface area contributed by atoms with E-state index < -0.39 is 11.7 Å². The number of carbonyl (C=O) groups excluding carboxylic acids is 1. The largest absolute Gasteiger partial charge is 0.456 e. The number of aromatic nitrogens is 2. The maximum absolute atomic E-state index is 13.9. The lowest BCUT2D eigenvalue weighted by Crippen LogP contribution is -2.13. The highest BCUT2D eigenvalue weighted by Gasteiger charge is 2.15. The van der Waals surface area contributed by atoms with Gasteiger partial charge in [-0.25, -0.2) is 4.39 Å². The topological polar surface area (TPSA) is 68.0 Å². The first-order valence-electron chi connectivity index (χ1n) is 8.32. The van der Waals surface area contributed by atoms with Crippen LogP contribution < -0.4 is 5.32 Å². The van der Waals surface area contributed by atoms with Gasteiger partial charge in [-0.05, 0) is 24.3 Å². The number of hydrogen-bond donors (Lipinski definition) is 1. The van der Waals surface area contributed by atoms with Gasteiger partial charge in [0.1, 0.15) is 22.5 Å². The molecule has 0 fully saturated rings. The highest BCUT2D eigenvalue weighted by Crippen LogP contribution is 2.30. The Morgan fingerprint density at radius 3 is 2.67 bits per heavy atom. The van der Waals surface area contributed by atoms with Crippen LogP contribution in [0.1, 0.15) is 10.4 Å². The number of hydrogen-bond acceptors (Lipinski definition) is 4. The highest BCUT2D eigenvalue weighted by atomic mass is 19.1. The number of furan rings is 1. The number of amides is 1. The summed E-state index contributed by atoms with van der Waals surface area (Å²) in [6.45, 7) is 0. The van der Waals surface area contributed by atoms with E-state index in [0.717, 1.165) is 22.4 Å². The molecule has 3 aromatic carbocycles. The molecule has 0 saturated carbocycles. The molecule has 5 rings (SSSR count). The van der Waals surface area contributed by atoms with Gasteiger partial charge >= 0.3 is 0 Å². The summed E-state index contributed by atoms with van der Waals surface area (Å²) < 4.78 is 19.7. The van der Waals surface area contributed by atoms with Crippen LogP contribution in [0.25, 0.3) is 33.0 Å². The molecule has 0 aliphatic rings. The molecule has 2 aromatic heterocycles. The predicted molar refractivity (Wildman–Crippen MR) is 101 cm³/mol. The minimum atomic E-state index is -0.541. The van der Waals surface area contributed by atoms with Gasteiger partial charge < -0.3 is 9.73 Å². The Balaban J connectivity index is 1.55. The smallest absolute Gasteiger partial charge is 0.258 e. The van der Waals surface area contributed by atoms with Crippen LogP contribution in [0.15, 0.2) is 71.4 Å². The van der Waals surface area contributed by atoms with E-state index in [9.17, 15) is 9.18 Å². The standard InChI is InChI=1S/C21H12FN3O2/c22-12-9-16(20-17(10-12)23-7-8-24-20)21(26)25-13-5-6-15-14-3-1-2-4-18(14)27-19(15)11-13/h1-11H,(H,25,26). The van der Waals surface area contributed by atoms with Gasteiger partial charge in [0.2, 0.25) is 0 Å². The maximum Gasteiger partial charge on any atom is 0.258 e. The van der Waals surface area contributed by atoms with Crippen LogP contribution in [0.2, 0.25) is 0 Å². The average Bonchev–Trinajstić information content (AvgIpc) is 3.05. The average molecular weight is 357 g/mol. The number of benzene rings is 3. The van der Waals surface area contributed by atoms with Crippen molar-refractivity contribution in [3.63, 3.8) is 0 Å². The molecule has 0 unspecified atom stereocenters. The van der Waals surface area contributed by atoms with Crippen LogP contribution in [0.5, 0.6) is 0 Å². The number of halogens is 1. The van der Waals surface area contributed by atoms with Gasteiger partial charge in [0.25, 0.3) is 5.91 Å². The van der Waals surface area contributed by atoms with Gasteiger partial charge in [0, 0.05) is 41.0 Å². The first kappa shape index (κ1) is 15.5. The molecule has 0 spiro atoms. The van der Waals surface area contributed by atoms with Crippen molar-refractivity contribution >= 4 is 44.6 Å². The maximum atomic E-state index is 13.9. The monoisotopic (exact) mass is 357 g/mol. The number of fused-ring (bicyclic) bond motifs is 4. The summed E-state index contributed by atoms with van der Waals surface area (Å²) in [7, 11) is 0. The van der Waals surface area contributed by atoms with Crippen LogP contribution in [0, 0.1) is 5.82 Å². The summed E-state index contributed by atoms with van der Waals surface area (Å²) in [6.07, 6.45) is 2.93. The molecule has 0 atom stereocenters. The molecular weight excluding hydrogens is 345 g/mol. The Bertz CT molecular complexity index is 1340. The zero-order chi connectivity index (χ0) is 18.4. The number of nitrogens with zero attached hydrogens (tertiary/aromatic N) is 2. The molecule has 1 N–H and O–H groups in total. The van der Waals surface area contributed by atoms with Crippen molar-refractivity contribution in [2.75, 3.05) is 5.32 Å². The molecule has 5 nitrogen and oxygen atoms in total. The summed E-state index contributed by atoms with van der Waals surface area (Å²) in [5, 5.41) is 4.76. The molecule has 0 aliphatic carbocycles. The Morgan fingerprint density at radius 1 is 0.926 bits per heavy atom. The molecule has 0 saturated heterocycles. The van der Waals surface area contributed by atoms with Gasteiger partial charge in [0.15, 0.2) is 0 Å². The van der Waals surface area contributed by atoms with Crippen LogP contribution in [0.4, 0.5) is 10.1 Å². The molecule has 0 radical (unpaired) electrons. The minimum Gasteiger partial charge on any atom is -0.456 e. The van der Waals surface area contributed by atoms with E-state index in [1.54, 1.807) is 12.1 Å². The van der Waals surface area contributed by atoms with Crippen molar-refractivity contribution in [3.05, 3.63) is 78.4 Å². The Kier molecular flexibility index (Phi) is 3.36. The lowest BCUT2D eigenvalue weighted by atomic mass is 10.1. The van der Waals surface area contributed by atoms with Crippen LogP contribution in [0.3, 0.4) is 0 Å². The van der Waals surface area contributed by atoms with E-state index in [-0.39, 0.29) is 5.56 Å². The van der Waals surface area contributed by atoms with Crippen molar-refractivity contribution in [2.45, 2.75) is 0 Å². The predicted octanol–water partition coefficient (Wildman–Crippen LogP) is 4.92. The molecule has 130 valence electrons. The summed E-state index contributed by atoms with van der Waals surface area (Å²) in [5.41, 5.74) is 2.80. The molecule has 2 heterocycles. The van der Waals surface area contributed by atoms with Gasteiger partial charge in [-0.3, -0.25) is 14.8 Å². The van der Waals surface area contributed by atoms with Gasteiger partial charge in [-0.2, -0.15) is 0 Å². The van der Waals surface area contributed by atoms with Crippen molar-refractivity contribution in [3.8, 4) is 0 Å². The first-order chi connectivity index (χ1) is 13.2. The third kappa shape index (κ3) is 2.58. The molecule has 5 aromatic rings. The molecule has 6 heteroatoms. The van der Waals surface area contributed by atoms with E-state index in [2.05, 4.69) is 15.3 Å². The summed E-state index contributed by atoms with van der Waals surface area (Å²) in [4.78, 5) is 20.9. The van der Waals surface area contributed by atoms with Crippen LogP contribution in [-0.4, -0.2) is 15.9 Å². The lowest BCUT2D eigenvalue weighted by Gasteiger charge is -2.07. The number of carbonyl (C=O) groups is 1. The van der Waals surface area contributed by atoms with E-state index in [0.29, 0.717) is 22.3 Å². The SMILES string of the molecule is O=C(Nc1ccc2c(c1)oc1ccccc12)c1cc(F)cc2nccnc12. The quantitative estimate of drug-likeness (QED) is 0.487. The second-order valence-electron chi connectivity index (χ2n) is 6.14. The van der Waals surface area contributed by atoms with E-state index in [4.69, 9.17) is 4.42 Å². The number of anilines is 1. The fraction of sp³-hybridized carbons (Fsp3) is 0. The number of para-hydroxylation sites is 1. The lowest BCUT2D eigenvalue weighted by molar-refractivity contribution is 0.102. The Hall–Kier alpha value is -3.80. The first-order valence-corrected chi connectivity index (χ1v) is 8.32. The zero-order valence-corrected chi connectivity index (χ0v) is 13.9. The Morgan fingerprint density at radius 2 is 1.74 bits per heavy atom. The third-order valence-electron chi connectivity index (χ3n) is 4.42. The summed E-state index contributed by atoms with van der Waals surface area (Å²) in [5.74, 6) is -1.00. The summed E-state index contributed by atoms with van der Waals surface area (Å²) >= 11 is 0. The second-order valence-corrected chi connectivity index (χ2v) is 6.14. The normalized spacial score (nSPS) is 11.3. The molecule has 0 bridgehead atoms. The molecular formula is C21H12FN3O2. The fourth-order valence-electron chi connectivity index (χ4n) is 3.22. The molecule has 27 heavy (non-hydrogen) atoms. The van der Waals surface area contributed by atoms with Crippen molar-refractivity contribution in [2.24, 2.45) is 0 Å². The van der Waals surface area contributed by atoms with Crippen molar-refractivity contribution < 1.29 is 13.6 Å². The van der Waals surface area contributed by atoms with Gasteiger partial charge in [-0.15, -0.1) is 0 Å². The number of rotatable bonds is 2. The van der Waals surface area contributed by atoms with Crippen molar-refractivity contribution in [1.29, 1.82) is 0 Å². The molecule has 1 amide bonds. The Labute approximate surface area is 152 Å². The zero-order valence-electron chi connectivity index (χ0n) is 13.9. The van der Waals surface area contributed by atoms with Crippen LogP contribution >= 0.6 is 0 Å². The minimum absolute atomic E-state index is 0.128. The van der Waals surface area contributed by atoms with E-state index in [1.807, 2.05) is 30.3 Å². The van der Waals surface area contributed by atoms with E-state index >= 15 is 0 Å². The van der Waals surface area contributed by atoms with Gasteiger partial charge in [0.05, 0.1) is 11.1 Å². The second kappa shape index (κ2) is 5.88. The summed E-state index contributed by atoms with van der Waals surface area (Å²) in [6, 6.07) is 15.6.